The number of aromatic hydroxyl groups is 1. The highest BCUT2D eigenvalue weighted by Crippen LogP contribution is 2.31. The Kier molecular flexibility index (Phi) is 3.72. The van der Waals surface area contributed by atoms with Crippen molar-refractivity contribution in [1.29, 1.82) is 0 Å². The minimum Gasteiger partial charge on any atom is -0.508 e. The third kappa shape index (κ3) is 2.57. The van der Waals surface area contributed by atoms with Crippen LogP contribution in [0, 0.1) is 5.82 Å². The summed E-state index contributed by atoms with van der Waals surface area (Å²) in [6.07, 6.45) is 0. The van der Waals surface area contributed by atoms with Gasteiger partial charge in [-0.1, -0.05) is 35.9 Å². The number of nitrogens with one attached hydrogen (secondary N) is 1. The lowest BCUT2D eigenvalue weighted by atomic mass is 10.1. The average molecular weight is 266 g/mol. The first-order valence-corrected chi connectivity index (χ1v) is 5.96. The average Bonchev–Trinajstić information content (AvgIpc) is 2.34. The third-order valence-electron chi connectivity index (χ3n) is 2.73. The van der Waals surface area contributed by atoms with Crippen LogP contribution < -0.4 is 5.32 Å². The van der Waals surface area contributed by atoms with E-state index in [1.807, 2.05) is 13.0 Å². The van der Waals surface area contributed by atoms with E-state index < -0.39 is 5.82 Å². The molecule has 0 radical (unpaired) electrons. The minimum atomic E-state index is -0.412. The molecule has 0 aliphatic rings. The van der Waals surface area contributed by atoms with Crippen LogP contribution in [0.2, 0.25) is 5.02 Å². The fraction of sp³-hybridized carbons (Fsp3) is 0.143. The Morgan fingerprint density at radius 2 is 1.89 bits per heavy atom. The summed E-state index contributed by atoms with van der Waals surface area (Å²) in [5, 5.41) is 13.0. The third-order valence-corrected chi connectivity index (χ3v) is 3.04. The summed E-state index contributed by atoms with van der Waals surface area (Å²) < 4.78 is 13.6. The molecular formula is C14H13ClFNO. The second-order valence-electron chi connectivity index (χ2n) is 4.02. The van der Waals surface area contributed by atoms with Crippen molar-refractivity contribution < 1.29 is 9.50 Å². The van der Waals surface area contributed by atoms with E-state index in [1.54, 1.807) is 30.3 Å². The number of rotatable bonds is 3. The van der Waals surface area contributed by atoms with Crippen LogP contribution in [-0.4, -0.2) is 5.11 Å². The topological polar surface area (TPSA) is 32.3 Å². The van der Waals surface area contributed by atoms with Crippen LogP contribution in [0.3, 0.4) is 0 Å². The van der Waals surface area contributed by atoms with Crippen molar-refractivity contribution in [1.82, 2.24) is 0 Å². The zero-order valence-corrected chi connectivity index (χ0v) is 10.6. The Bertz CT molecular complexity index is 539. The molecule has 4 heteroatoms. The van der Waals surface area contributed by atoms with Gasteiger partial charge in [0.1, 0.15) is 11.6 Å². The smallest absolute Gasteiger partial charge is 0.147 e. The lowest BCUT2D eigenvalue weighted by molar-refractivity contribution is 0.465. The number of phenols is 1. The molecule has 0 spiro atoms. The van der Waals surface area contributed by atoms with E-state index in [2.05, 4.69) is 5.32 Å². The monoisotopic (exact) mass is 265 g/mol. The minimum absolute atomic E-state index is 0.171. The highest BCUT2D eigenvalue weighted by Gasteiger charge is 2.13. The van der Waals surface area contributed by atoms with Crippen molar-refractivity contribution in [2.45, 2.75) is 13.0 Å². The molecule has 0 saturated carbocycles. The first-order chi connectivity index (χ1) is 8.59. The molecule has 0 bridgehead atoms. The second-order valence-corrected chi connectivity index (χ2v) is 4.43. The number of anilines is 1. The number of para-hydroxylation sites is 2. The van der Waals surface area contributed by atoms with E-state index in [1.165, 1.54) is 6.07 Å². The molecule has 18 heavy (non-hydrogen) atoms. The molecule has 1 atom stereocenters. The number of phenolic OH excluding ortho intramolecular Hbond substituents is 1. The van der Waals surface area contributed by atoms with Gasteiger partial charge in [-0.05, 0) is 25.1 Å². The zero-order chi connectivity index (χ0) is 13.1. The van der Waals surface area contributed by atoms with E-state index >= 15 is 0 Å². The summed E-state index contributed by atoms with van der Waals surface area (Å²) in [7, 11) is 0. The summed E-state index contributed by atoms with van der Waals surface area (Å²) in [5.74, 6) is -0.241. The predicted molar refractivity (Wildman–Crippen MR) is 71.6 cm³/mol. The molecule has 0 aliphatic carbocycles. The molecule has 0 heterocycles. The van der Waals surface area contributed by atoms with Crippen LogP contribution >= 0.6 is 11.6 Å². The quantitative estimate of drug-likeness (QED) is 0.864. The van der Waals surface area contributed by atoms with Gasteiger partial charge >= 0.3 is 0 Å². The van der Waals surface area contributed by atoms with Gasteiger partial charge in [0.25, 0.3) is 0 Å². The SMILES string of the molecule is CC(Nc1c(F)cccc1Cl)c1ccccc1O. The predicted octanol–water partition coefficient (Wildman–Crippen LogP) is 4.36. The second kappa shape index (κ2) is 5.27. The molecule has 0 fully saturated rings. The summed E-state index contributed by atoms with van der Waals surface area (Å²) in [4.78, 5) is 0. The van der Waals surface area contributed by atoms with Crippen LogP contribution in [0.25, 0.3) is 0 Å². The van der Waals surface area contributed by atoms with Gasteiger partial charge < -0.3 is 10.4 Å². The fourth-order valence-corrected chi connectivity index (χ4v) is 2.00. The molecule has 0 amide bonds. The number of halogens is 2. The molecular weight excluding hydrogens is 253 g/mol. The molecule has 0 aromatic heterocycles. The van der Waals surface area contributed by atoms with Crippen molar-refractivity contribution in [3.63, 3.8) is 0 Å². The maximum Gasteiger partial charge on any atom is 0.147 e. The van der Waals surface area contributed by atoms with E-state index in [9.17, 15) is 9.50 Å². The van der Waals surface area contributed by atoms with Crippen LogP contribution in [0.4, 0.5) is 10.1 Å². The lowest BCUT2D eigenvalue weighted by Gasteiger charge is -2.18. The first kappa shape index (κ1) is 12.7. The highest BCUT2D eigenvalue weighted by atomic mass is 35.5. The van der Waals surface area contributed by atoms with E-state index in [0.29, 0.717) is 10.6 Å². The van der Waals surface area contributed by atoms with Crippen molar-refractivity contribution in [2.24, 2.45) is 0 Å². The largest absolute Gasteiger partial charge is 0.508 e. The Morgan fingerprint density at radius 3 is 2.56 bits per heavy atom. The van der Waals surface area contributed by atoms with Crippen LogP contribution in [0.5, 0.6) is 5.75 Å². The molecule has 94 valence electrons. The molecule has 2 rings (SSSR count). The standard InChI is InChI=1S/C14H13ClFNO/c1-9(10-5-2-3-8-13(10)18)17-14-11(15)6-4-7-12(14)16/h2-9,17-18H,1H3. The summed E-state index contributed by atoms with van der Waals surface area (Å²) in [5.41, 5.74) is 0.937. The van der Waals surface area contributed by atoms with Gasteiger partial charge in [0.05, 0.1) is 16.8 Å². The highest BCUT2D eigenvalue weighted by molar-refractivity contribution is 6.33. The normalized spacial score (nSPS) is 12.2. The van der Waals surface area contributed by atoms with Gasteiger partial charge in [-0.2, -0.15) is 0 Å². The van der Waals surface area contributed by atoms with Crippen molar-refractivity contribution in [3.05, 3.63) is 58.9 Å². The Labute approximate surface area is 110 Å². The van der Waals surface area contributed by atoms with Gasteiger partial charge in [0, 0.05) is 5.56 Å². The van der Waals surface area contributed by atoms with Gasteiger partial charge in [0.2, 0.25) is 0 Å². The fourth-order valence-electron chi connectivity index (χ4n) is 1.78. The van der Waals surface area contributed by atoms with Gasteiger partial charge in [-0.3, -0.25) is 0 Å². The lowest BCUT2D eigenvalue weighted by Crippen LogP contribution is -2.08. The number of hydrogen-bond acceptors (Lipinski definition) is 2. The molecule has 0 saturated heterocycles. The maximum absolute atomic E-state index is 13.6. The van der Waals surface area contributed by atoms with Gasteiger partial charge in [0.15, 0.2) is 0 Å². The molecule has 2 nitrogen and oxygen atoms in total. The Hall–Kier alpha value is -1.74. The van der Waals surface area contributed by atoms with E-state index in [-0.39, 0.29) is 17.5 Å². The summed E-state index contributed by atoms with van der Waals surface area (Å²) >= 11 is 5.94. The summed E-state index contributed by atoms with van der Waals surface area (Å²) in [6, 6.07) is 11.2. The zero-order valence-electron chi connectivity index (χ0n) is 9.82. The van der Waals surface area contributed by atoms with Gasteiger partial charge in [-0.25, -0.2) is 4.39 Å². The molecule has 2 aromatic carbocycles. The van der Waals surface area contributed by atoms with Crippen molar-refractivity contribution in [2.75, 3.05) is 5.32 Å². The van der Waals surface area contributed by atoms with E-state index in [0.717, 1.165) is 0 Å². The van der Waals surface area contributed by atoms with Crippen LogP contribution in [0.15, 0.2) is 42.5 Å². The van der Waals surface area contributed by atoms with Gasteiger partial charge in [-0.15, -0.1) is 0 Å². The molecule has 2 N–H and O–H groups in total. The van der Waals surface area contributed by atoms with Crippen molar-refractivity contribution in [3.8, 4) is 5.75 Å². The summed E-state index contributed by atoms with van der Waals surface area (Å²) in [6.45, 7) is 1.83. The van der Waals surface area contributed by atoms with Crippen molar-refractivity contribution >= 4 is 17.3 Å². The molecule has 2 aromatic rings. The maximum atomic E-state index is 13.6. The van der Waals surface area contributed by atoms with E-state index in [4.69, 9.17) is 11.6 Å². The molecule has 1 unspecified atom stereocenters. The first-order valence-electron chi connectivity index (χ1n) is 5.58. The Morgan fingerprint density at radius 1 is 1.17 bits per heavy atom. The van der Waals surface area contributed by atoms with Crippen LogP contribution in [0.1, 0.15) is 18.5 Å². The Balaban J connectivity index is 2.27. The van der Waals surface area contributed by atoms with Crippen LogP contribution in [-0.2, 0) is 0 Å². The number of benzene rings is 2. The molecule has 0 aliphatic heterocycles. The number of hydrogen-bond donors (Lipinski definition) is 2.